The van der Waals surface area contributed by atoms with Gasteiger partial charge in [0, 0.05) is 60.7 Å². The summed E-state index contributed by atoms with van der Waals surface area (Å²) in [7, 11) is 2.12. The molecule has 1 saturated heterocycles. The Kier molecular flexibility index (Phi) is 8.09. The fourth-order valence-electron chi connectivity index (χ4n) is 5.68. The minimum Gasteiger partial charge on any atom is -0.448 e. The molecule has 6 aromatic rings. The van der Waals surface area contributed by atoms with E-state index in [1.165, 1.54) is 29.2 Å². The minimum absolute atomic E-state index is 0.0511. The zero-order valence-corrected chi connectivity index (χ0v) is 25.2. The van der Waals surface area contributed by atoms with Gasteiger partial charge in [0.1, 0.15) is 5.65 Å². The summed E-state index contributed by atoms with van der Waals surface area (Å²) in [6.45, 7) is 2.15. The highest BCUT2D eigenvalue weighted by atomic mass is 19.1. The SMILES string of the molecule is CN(c1ccc(Nc2ncc3cc(Oc4ccccc4F)c(=O)n(Cc4cncn4-c4ccncc4)c3n2)cc1)C1CCCNC1. The lowest BCUT2D eigenvalue weighted by molar-refractivity contribution is 0.433. The Hall–Kier alpha value is -5.62. The van der Waals surface area contributed by atoms with E-state index in [2.05, 4.69) is 49.7 Å². The van der Waals surface area contributed by atoms with Crippen LogP contribution in [0.25, 0.3) is 16.7 Å². The third-order valence-corrected chi connectivity index (χ3v) is 8.18. The van der Waals surface area contributed by atoms with Gasteiger partial charge in [-0.1, -0.05) is 12.1 Å². The molecule has 0 bridgehead atoms. The number of pyridine rings is 2. The summed E-state index contributed by atoms with van der Waals surface area (Å²) in [4.78, 5) is 34.0. The first-order chi connectivity index (χ1) is 22.5. The Balaban J connectivity index is 1.23. The normalized spacial score (nSPS) is 14.7. The molecule has 2 N–H and O–H groups in total. The predicted octanol–water partition coefficient (Wildman–Crippen LogP) is 5.28. The molecule has 2 aromatic carbocycles. The molecule has 0 amide bonds. The van der Waals surface area contributed by atoms with Crippen LogP contribution in [0.4, 0.5) is 21.7 Å². The molecule has 1 aliphatic rings. The number of para-hydroxylation sites is 1. The van der Waals surface area contributed by atoms with Crippen molar-refractivity contribution < 1.29 is 9.13 Å². The van der Waals surface area contributed by atoms with Crippen LogP contribution < -0.4 is 25.8 Å². The molecule has 11 nitrogen and oxygen atoms in total. The average molecular weight is 618 g/mol. The first-order valence-electron chi connectivity index (χ1n) is 15.1. The summed E-state index contributed by atoms with van der Waals surface area (Å²) < 4.78 is 23.7. The molecule has 5 heterocycles. The van der Waals surface area contributed by atoms with E-state index in [9.17, 15) is 9.18 Å². The fraction of sp³-hybridized carbons (Fsp3) is 0.206. The number of anilines is 3. The van der Waals surface area contributed by atoms with Crippen molar-refractivity contribution in [2.75, 3.05) is 30.4 Å². The van der Waals surface area contributed by atoms with Crippen molar-refractivity contribution in [3.63, 3.8) is 0 Å². The van der Waals surface area contributed by atoms with Crippen molar-refractivity contribution in [3.05, 3.63) is 120 Å². The molecule has 0 radical (unpaired) electrons. The van der Waals surface area contributed by atoms with Gasteiger partial charge in [-0.3, -0.25) is 14.3 Å². The first-order valence-corrected chi connectivity index (χ1v) is 15.1. The fourth-order valence-corrected chi connectivity index (χ4v) is 5.68. The van der Waals surface area contributed by atoms with Gasteiger partial charge in [0.25, 0.3) is 5.56 Å². The zero-order chi connectivity index (χ0) is 31.5. The van der Waals surface area contributed by atoms with Gasteiger partial charge in [0.05, 0.1) is 24.8 Å². The van der Waals surface area contributed by atoms with Crippen molar-refractivity contribution in [2.45, 2.75) is 25.4 Å². The number of aromatic nitrogens is 6. The van der Waals surface area contributed by atoms with Crippen molar-refractivity contribution in [1.82, 2.24) is 34.4 Å². The Labute approximate surface area is 264 Å². The lowest BCUT2D eigenvalue weighted by Gasteiger charge is -2.33. The number of rotatable bonds is 9. The van der Waals surface area contributed by atoms with E-state index >= 15 is 0 Å². The van der Waals surface area contributed by atoms with Crippen LogP contribution >= 0.6 is 0 Å². The number of ether oxygens (including phenoxy) is 1. The van der Waals surface area contributed by atoms with Gasteiger partial charge >= 0.3 is 0 Å². The van der Waals surface area contributed by atoms with Crippen molar-refractivity contribution in [3.8, 4) is 17.2 Å². The molecule has 4 aromatic heterocycles. The van der Waals surface area contributed by atoms with Gasteiger partial charge in [0.2, 0.25) is 5.95 Å². The maximum Gasteiger partial charge on any atom is 0.295 e. The maximum absolute atomic E-state index is 14.5. The van der Waals surface area contributed by atoms with E-state index < -0.39 is 11.4 Å². The Morgan fingerprint density at radius 2 is 1.87 bits per heavy atom. The topological polar surface area (TPSA) is 115 Å². The summed E-state index contributed by atoms with van der Waals surface area (Å²) in [5, 5.41) is 7.29. The van der Waals surface area contributed by atoms with Crippen LogP contribution in [0.2, 0.25) is 0 Å². The molecule has 0 aliphatic carbocycles. The monoisotopic (exact) mass is 617 g/mol. The van der Waals surface area contributed by atoms with Crippen molar-refractivity contribution >= 4 is 28.4 Å². The zero-order valence-electron chi connectivity index (χ0n) is 25.2. The van der Waals surface area contributed by atoms with Crippen LogP contribution in [-0.2, 0) is 6.54 Å². The highest BCUT2D eigenvalue weighted by molar-refractivity contribution is 5.77. The number of fused-ring (bicyclic) bond motifs is 1. The van der Waals surface area contributed by atoms with E-state index in [1.54, 1.807) is 43.2 Å². The number of nitrogens with zero attached hydrogens (tertiary/aromatic N) is 7. The highest BCUT2D eigenvalue weighted by Crippen LogP contribution is 2.27. The van der Waals surface area contributed by atoms with Gasteiger partial charge in [-0.25, -0.2) is 14.4 Å². The van der Waals surface area contributed by atoms with E-state index in [0.717, 1.165) is 42.3 Å². The molecule has 12 heteroatoms. The summed E-state index contributed by atoms with van der Waals surface area (Å²) in [6, 6.07) is 19.8. The molecule has 0 spiro atoms. The lowest BCUT2D eigenvalue weighted by Crippen LogP contribution is -2.44. The van der Waals surface area contributed by atoms with E-state index in [0.29, 0.717) is 23.0 Å². The van der Waals surface area contributed by atoms with Gasteiger partial charge in [0.15, 0.2) is 17.3 Å². The van der Waals surface area contributed by atoms with Crippen molar-refractivity contribution in [1.29, 1.82) is 0 Å². The largest absolute Gasteiger partial charge is 0.448 e. The van der Waals surface area contributed by atoms with E-state index in [1.807, 2.05) is 28.8 Å². The summed E-state index contributed by atoms with van der Waals surface area (Å²) >= 11 is 0. The Morgan fingerprint density at radius 1 is 1.04 bits per heavy atom. The molecule has 232 valence electrons. The van der Waals surface area contributed by atoms with Crippen LogP contribution in [0, 0.1) is 5.82 Å². The average Bonchev–Trinajstić information content (AvgIpc) is 3.57. The molecule has 1 unspecified atom stereocenters. The Morgan fingerprint density at radius 3 is 2.65 bits per heavy atom. The number of nitrogens with one attached hydrogen (secondary N) is 2. The van der Waals surface area contributed by atoms with E-state index in [-0.39, 0.29) is 18.0 Å². The number of hydrogen-bond acceptors (Lipinski definition) is 9. The summed E-state index contributed by atoms with van der Waals surface area (Å²) in [5.41, 5.74) is 3.39. The third kappa shape index (κ3) is 6.02. The number of halogens is 1. The van der Waals surface area contributed by atoms with Gasteiger partial charge in [-0.05, 0) is 74.0 Å². The Bertz CT molecular complexity index is 2020. The van der Waals surface area contributed by atoms with Crippen LogP contribution in [-0.4, -0.2) is 55.2 Å². The molecule has 1 aliphatic heterocycles. The molecule has 1 fully saturated rings. The highest BCUT2D eigenvalue weighted by Gasteiger charge is 2.19. The van der Waals surface area contributed by atoms with Gasteiger partial charge in [-0.15, -0.1) is 0 Å². The van der Waals surface area contributed by atoms with E-state index in [4.69, 9.17) is 9.72 Å². The molecule has 7 rings (SSSR count). The number of likely N-dealkylation sites (N-methyl/N-ethyl adjacent to an activating group) is 1. The molecular formula is C34H32FN9O2. The quantitative estimate of drug-likeness (QED) is 0.224. The second-order valence-corrected chi connectivity index (χ2v) is 11.1. The molecule has 1 atom stereocenters. The van der Waals surface area contributed by atoms with Crippen LogP contribution in [0.15, 0.2) is 103 Å². The summed E-state index contributed by atoms with van der Waals surface area (Å²) in [5.74, 6) is -0.360. The maximum atomic E-state index is 14.5. The number of hydrogen-bond donors (Lipinski definition) is 2. The number of imidazole rings is 1. The summed E-state index contributed by atoms with van der Waals surface area (Å²) in [6.07, 6.45) is 10.7. The van der Waals surface area contributed by atoms with Gasteiger partial charge < -0.3 is 24.8 Å². The second kappa shape index (κ2) is 12.8. The van der Waals surface area contributed by atoms with Crippen LogP contribution in [0.5, 0.6) is 11.5 Å². The molecular weight excluding hydrogens is 585 g/mol. The van der Waals surface area contributed by atoms with Gasteiger partial charge in [-0.2, -0.15) is 4.98 Å². The molecule has 0 saturated carbocycles. The van der Waals surface area contributed by atoms with Crippen molar-refractivity contribution in [2.24, 2.45) is 0 Å². The smallest absolute Gasteiger partial charge is 0.295 e. The lowest BCUT2D eigenvalue weighted by atomic mass is 10.1. The van der Waals surface area contributed by atoms with Crippen LogP contribution in [0.1, 0.15) is 18.5 Å². The second-order valence-electron chi connectivity index (χ2n) is 11.1. The number of benzene rings is 2. The first kappa shape index (κ1) is 29.1. The minimum atomic E-state index is -0.576. The standard InChI is InChI=1S/C34H32FN9O2/c1-42(27-5-4-14-37-19-27)25-10-8-24(9-11-25)40-34-39-18-23-17-31(46-30-7-3-2-6-29(30)35)33(45)43(32(23)41-34)21-28-20-38-22-44(28)26-12-15-36-16-13-26/h2-3,6-13,15-18,20,22,27,37H,4-5,14,19,21H2,1H3,(H,39,40,41). The predicted molar refractivity (Wildman–Crippen MR) is 175 cm³/mol. The van der Waals surface area contributed by atoms with Crippen LogP contribution in [0.3, 0.4) is 0 Å². The third-order valence-electron chi connectivity index (χ3n) is 8.18. The molecule has 46 heavy (non-hydrogen) atoms. The number of piperidine rings is 1.